The SMILES string of the molecule is CC[C@H](C)C[C@H](C)CCCCCCCCC(=O)N[C@H]1C[C@@H](O)CNC(=O)[C@@H]2[C@@H](O)CCN2C(=O)[C@H]([C@H](O)CC(N)=O)NC(=O)[C@H]([C@H](O)Cc2ccc(B(O)O)cc2)NC(=O)[C@@H]2C[C@@H](O)CN2C(=O)[C@H]([C@@H](C)O)NC1=O. The molecule has 8 amide bonds. The van der Waals surface area contributed by atoms with Crippen molar-refractivity contribution in [2.75, 3.05) is 19.6 Å². The van der Waals surface area contributed by atoms with Gasteiger partial charge >= 0.3 is 7.12 Å². The molecule has 3 heterocycles. The van der Waals surface area contributed by atoms with Crippen LogP contribution in [0.1, 0.15) is 123 Å². The minimum absolute atomic E-state index is 0.00445. The summed E-state index contributed by atoms with van der Waals surface area (Å²) >= 11 is 0. The third-order valence-corrected chi connectivity index (χ3v) is 14.4. The third kappa shape index (κ3) is 18.8. The molecule has 25 heteroatoms. The van der Waals surface area contributed by atoms with Crippen molar-refractivity contribution in [3.63, 3.8) is 0 Å². The summed E-state index contributed by atoms with van der Waals surface area (Å²) in [7, 11) is -1.84. The van der Waals surface area contributed by atoms with E-state index in [1.165, 1.54) is 30.7 Å². The first-order valence-corrected chi connectivity index (χ1v) is 26.3. The zero-order valence-corrected chi connectivity index (χ0v) is 43.5. The Hall–Kier alpha value is -5.28. The van der Waals surface area contributed by atoms with Gasteiger partial charge in [0.2, 0.25) is 47.3 Å². The number of nitrogens with zero attached hydrogens (tertiary/aromatic N) is 2. The van der Waals surface area contributed by atoms with E-state index in [4.69, 9.17) is 5.73 Å². The lowest BCUT2D eigenvalue weighted by Crippen LogP contribution is -2.64. The number of aliphatic hydroxyl groups excluding tert-OH is 6. The van der Waals surface area contributed by atoms with Crippen molar-refractivity contribution in [3.05, 3.63) is 29.8 Å². The molecule has 3 fully saturated rings. The van der Waals surface area contributed by atoms with Crippen LogP contribution in [-0.4, -0.2) is 197 Å². The van der Waals surface area contributed by atoms with Crippen LogP contribution in [0.2, 0.25) is 0 Å². The number of amides is 8. The van der Waals surface area contributed by atoms with E-state index in [9.17, 15) is 79.0 Å². The fourth-order valence-electron chi connectivity index (χ4n) is 9.94. The Bertz CT molecular complexity index is 2090. The quantitative estimate of drug-likeness (QED) is 0.0410. The number of rotatable bonds is 21. The van der Waals surface area contributed by atoms with E-state index in [0.29, 0.717) is 23.8 Å². The molecule has 0 aromatic heterocycles. The van der Waals surface area contributed by atoms with Crippen LogP contribution in [0.25, 0.3) is 0 Å². The Morgan fingerprint density at radius 3 is 1.99 bits per heavy atom. The highest BCUT2D eigenvalue weighted by atomic mass is 16.4. The summed E-state index contributed by atoms with van der Waals surface area (Å²) in [6.45, 7) is 6.42. The second-order valence-corrected chi connectivity index (χ2v) is 20.8. The van der Waals surface area contributed by atoms with Gasteiger partial charge in [0, 0.05) is 45.3 Å². The third-order valence-electron chi connectivity index (χ3n) is 14.4. The number of carbonyl (C=O) groups is 8. The summed E-state index contributed by atoms with van der Waals surface area (Å²) in [6.07, 6.45) is -4.01. The standard InChI is InChI=1S/C50H81BN8O16/c1-5-27(2)20-28(3)12-10-8-6-7-9-11-13-40(67)54-34-22-32(61)25-53-48(71)44-36(63)18-19-58(44)50(73)43(38(65)24-39(52)66)57-47(70)42(37(64)21-30-14-16-31(17-15-30)51(74)75)56-46(69)35-23-33(62)26-59(35)49(72)41(29(4)60)55-45(34)68/h14-17,27-29,32-38,41-44,60-65,74-75H,5-13,18-26H2,1-4H3,(H2,52,66)(H,53,71)(H,54,67)(H,55,68)(H,56,69)(H,57,70)/t27-,28+,29+,32+,33+,34-,35-,36-,37+,38+,41-,42-,43-,44-/m0/s1. The molecule has 4 rings (SSSR count). The van der Waals surface area contributed by atoms with Gasteiger partial charge in [-0.15, -0.1) is 0 Å². The highest BCUT2D eigenvalue weighted by Crippen LogP contribution is 2.24. The molecular weight excluding hydrogens is 979 g/mol. The molecular formula is C50H81BN8O16. The first-order chi connectivity index (χ1) is 35.4. The highest BCUT2D eigenvalue weighted by molar-refractivity contribution is 6.58. The van der Waals surface area contributed by atoms with Crippen LogP contribution >= 0.6 is 0 Å². The summed E-state index contributed by atoms with van der Waals surface area (Å²) in [5.74, 6) is -7.23. The van der Waals surface area contributed by atoms with E-state index in [-0.39, 0.29) is 24.8 Å². The maximum atomic E-state index is 14.4. The number of hydrogen-bond acceptors (Lipinski definition) is 16. The second kappa shape index (κ2) is 29.9. The predicted molar refractivity (Wildman–Crippen MR) is 271 cm³/mol. The summed E-state index contributed by atoms with van der Waals surface area (Å²) in [5.41, 5.74) is 5.73. The van der Waals surface area contributed by atoms with Gasteiger partial charge in [-0.3, -0.25) is 38.4 Å². The average Bonchev–Trinajstić information content (AvgIpc) is 3.94. The van der Waals surface area contributed by atoms with Crippen molar-refractivity contribution in [1.29, 1.82) is 0 Å². The van der Waals surface area contributed by atoms with Crippen LogP contribution < -0.4 is 37.8 Å². The molecule has 420 valence electrons. The predicted octanol–water partition coefficient (Wildman–Crippen LogP) is -4.18. The van der Waals surface area contributed by atoms with Crippen LogP contribution in [0.3, 0.4) is 0 Å². The topological polar surface area (TPSA) is 391 Å². The molecule has 24 nitrogen and oxygen atoms in total. The maximum Gasteiger partial charge on any atom is 0.488 e. The molecule has 75 heavy (non-hydrogen) atoms. The van der Waals surface area contributed by atoms with Gasteiger partial charge in [-0.05, 0) is 49.0 Å². The summed E-state index contributed by atoms with van der Waals surface area (Å²) in [5, 5.41) is 98.2. The molecule has 3 aliphatic rings. The number of carbonyl (C=O) groups excluding carboxylic acids is 8. The second-order valence-electron chi connectivity index (χ2n) is 20.8. The van der Waals surface area contributed by atoms with E-state index in [1.807, 2.05) is 0 Å². The van der Waals surface area contributed by atoms with Gasteiger partial charge in [0.15, 0.2) is 0 Å². The largest absolute Gasteiger partial charge is 0.488 e. The van der Waals surface area contributed by atoms with Gasteiger partial charge in [-0.25, -0.2) is 0 Å². The Morgan fingerprint density at radius 2 is 1.36 bits per heavy atom. The first kappa shape index (κ1) is 62.3. The number of nitrogens with one attached hydrogen (secondary N) is 5. The fourth-order valence-corrected chi connectivity index (χ4v) is 9.94. The van der Waals surface area contributed by atoms with Gasteiger partial charge in [-0.2, -0.15) is 0 Å². The van der Waals surface area contributed by atoms with Crippen molar-refractivity contribution >= 4 is 59.8 Å². The van der Waals surface area contributed by atoms with E-state index < -0.39 is 166 Å². The van der Waals surface area contributed by atoms with Crippen molar-refractivity contribution in [3.8, 4) is 0 Å². The minimum atomic E-state index is -2.13. The van der Waals surface area contributed by atoms with Gasteiger partial charge < -0.3 is 82.8 Å². The lowest BCUT2D eigenvalue weighted by Gasteiger charge is -2.33. The lowest BCUT2D eigenvalue weighted by molar-refractivity contribution is -0.147. The number of aliphatic hydroxyl groups is 6. The van der Waals surface area contributed by atoms with Crippen molar-refractivity contribution in [1.82, 2.24) is 36.4 Å². The maximum absolute atomic E-state index is 14.4. The highest BCUT2D eigenvalue weighted by Gasteiger charge is 2.48. The van der Waals surface area contributed by atoms with Gasteiger partial charge in [0.05, 0.1) is 43.0 Å². The number of β-amino-alcohol motifs (C(OH)–C–C–N with tert-alkyl or cyclic N) is 1. The van der Waals surface area contributed by atoms with Crippen molar-refractivity contribution in [2.24, 2.45) is 17.6 Å². The molecule has 3 aliphatic heterocycles. The first-order valence-electron chi connectivity index (χ1n) is 26.3. The van der Waals surface area contributed by atoms with E-state index in [1.54, 1.807) is 0 Å². The van der Waals surface area contributed by atoms with Crippen molar-refractivity contribution in [2.45, 2.75) is 197 Å². The summed E-state index contributed by atoms with van der Waals surface area (Å²) in [4.78, 5) is 113. The summed E-state index contributed by atoms with van der Waals surface area (Å²) < 4.78 is 0. The molecule has 0 saturated carbocycles. The summed E-state index contributed by atoms with van der Waals surface area (Å²) in [6, 6.07) is -5.58. The molecule has 14 atom stereocenters. The fraction of sp³-hybridized carbons (Fsp3) is 0.720. The number of fused-ring (bicyclic) bond motifs is 2. The van der Waals surface area contributed by atoms with Crippen LogP contribution in [0.4, 0.5) is 0 Å². The number of nitrogens with two attached hydrogens (primary N) is 1. The molecule has 0 unspecified atom stereocenters. The van der Waals surface area contributed by atoms with Crippen LogP contribution in [0.5, 0.6) is 0 Å². The van der Waals surface area contributed by atoms with Crippen LogP contribution in [-0.2, 0) is 44.8 Å². The van der Waals surface area contributed by atoms with Gasteiger partial charge in [-0.1, -0.05) is 90.0 Å². The number of hydrogen-bond donors (Lipinski definition) is 14. The zero-order valence-electron chi connectivity index (χ0n) is 43.5. The zero-order chi connectivity index (χ0) is 55.7. The molecule has 3 saturated heterocycles. The van der Waals surface area contributed by atoms with Crippen LogP contribution in [0.15, 0.2) is 24.3 Å². The van der Waals surface area contributed by atoms with Crippen molar-refractivity contribution < 1.29 is 79.0 Å². The minimum Gasteiger partial charge on any atom is -0.423 e. The smallest absolute Gasteiger partial charge is 0.423 e. The normalized spacial score (nSPS) is 27.5. The molecule has 0 aliphatic carbocycles. The van der Waals surface area contributed by atoms with E-state index >= 15 is 0 Å². The number of benzene rings is 1. The molecule has 0 bridgehead atoms. The lowest BCUT2D eigenvalue weighted by atomic mass is 9.80. The Kier molecular flexibility index (Phi) is 24.8. The average molecular weight is 1060 g/mol. The molecule has 1 aromatic rings. The number of unbranched alkanes of at least 4 members (excludes halogenated alkanes) is 5. The van der Waals surface area contributed by atoms with Gasteiger partial charge in [0.1, 0.15) is 36.3 Å². The van der Waals surface area contributed by atoms with Gasteiger partial charge in [0.25, 0.3) is 0 Å². The number of primary amides is 1. The molecule has 1 aromatic carbocycles. The Morgan fingerprint density at radius 1 is 0.747 bits per heavy atom. The Labute approximate surface area is 438 Å². The Balaban J connectivity index is 1.66. The van der Waals surface area contributed by atoms with Crippen LogP contribution in [0, 0.1) is 11.8 Å². The molecule has 0 spiro atoms. The van der Waals surface area contributed by atoms with E-state index in [2.05, 4.69) is 47.4 Å². The molecule has 15 N–H and O–H groups in total. The monoisotopic (exact) mass is 1060 g/mol. The van der Waals surface area contributed by atoms with E-state index in [0.717, 1.165) is 61.7 Å². The molecule has 0 radical (unpaired) electrons.